The van der Waals surface area contributed by atoms with E-state index in [4.69, 9.17) is 18.3 Å². The minimum absolute atomic E-state index is 0.776. The molecule has 0 aliphatic carbocycles. The zero-order valence-electron chi connectivity index (χ0n) is 23.7. The molecule has 43 heavy (non-hydrogen) atoms. The van der Waals surface area contributed by atoms with Crippen molar-refractivity contribution in [2.45, 2.75) is 19.6 Å². The van der Waals surface area contributed by atoms with E-state index in [1.54, 1.807) is 0 Å². The number of fused-ring (bicyclic) bond motifs is 9. The van der Waals surface area contributed by atoms with E-state index >= 15 is 0 Å². The van der Waals surface area contributed by atoms with E-state index in [9.17, 15) is 0 Å². The van der Waals surface area contributed by atoms with E-state index in [2.05, 4.69) is 78.9 Å². The monoisotopic (exact) mass is 558 g/mol. The summed E-state index contributed by atoms with van der Waals surface area (Å²) in [5.74, 6) is 0.718. The van der Waals surface area contributed by atoms with E-state index in [1.165, 1.54) is 0 Å². The molecule has 4 heteroatoms. The third-order valence-electron chi connectivity index (χ3n) is 8.39. The Morgan fingerprint density at radius 3 is 1.74 bits per heavy atom. The Morgan fingerprint density at radius 1 is 0.419 bits per heavy atom. The van der Waals surface area contributed by atoms with E-state index in [0.29, 0.717) is 0 Å². The molecule has 4 nitrogen and oxygen atoms in total. The smallest absolute Gasteiger partial charge is 0.245 e. The summed E-state index contributed by atoms with van der Waals surface area (Å²) in [6, 6.07) is 41.8. The number of furan rings is 2. The maximum Gasteiger partial charge on any atom is 0.245 e. The fraction of sp³-hybridized carbons (Fsp3) is 0.0769. The highest BCUT2D eigenvalue weighted by molar-refractivity contribution is 6.10. The number of hydrogen-bond acceptors (Lipinski definition) is 4. The normalized spacial score (nSPS) is 13.9. The number of rotatable bonds is 2. The third kappa shape index (κ3) is 3.76. The van der Waals surface area contributed by atoms with Crippen LogP contribution in [0.1, 0.15) is 13.8 Å². The molecule has 6 aromatic carbocycles. The predicted molar refractivity (Wildman–Crippen MR) is 173 cm³/mol. The summed E-state index contributed by atoms with van der Waals surface area (Å²) in [5, 5.41) is 4.44. The molecule has 0 bridgehead atoms. The zero-order valence-corrected chi connectivity index (χ0v) is 23.7. The predicted octanol–water partition coefficient (Wildman–Crippen LogP) is 11.0. The highest BCUT2D eigenvalue weighted by Crippen LogP contribution is 2.47. The molecular weight excluding hydrogens is 532 g/mol. The Morgan fingerprint density at radius 2 is 0.977 bits per heavy atom. The topological polar surface area (TPSA) is 44.7 Å². The van der Waals surface area contributed by atoms with E-state index in [1.807, 2.05) is 56.3 Å². The van der Waals surface area contributed by atoms with E-state index in [-0.39, 0.29) is 0 Å². The molecule has 0 fully saturated rings. The van der Waals surface area contributed by atoms with Crippen LogP contribution in [0, 0.1) is 0 Å². The van der Waals surface area contributed by atoms with Gasteiger partial charge in [0.2, 0.25) is 5.79 Å². The quantitative estimate of drug-likeness (QED) is 0.212. The lowest BCUT2D eigenvalue weighted by atomic mass is 9.94. The zero-order chi connectivity index (χ0) is 28.7. The molecule has 1 aliphatic rings. The highest BCUT2D eigenvalue weighted by atomic mass is 16.7. The van der Waals surface area contributed by atoms with Gasteiger partial charge in [0, 0.05) is 52.1 Å². The van der Waals surface area contributed by atoms with Gasteiger partial charge in [-0.1, -0.05) is 72.8 Å². The van der Waals surface area contributed by atoms with Crippen molar-refractivity contribution in [1.29, 1.82) is 0 Å². The molecule has 8 aromatic rings. The third-order valence-corrected chi connectivity index (χ3v) is 8.39. The maximum absolute atomic E-state index is 6.44. The summed E-state index contributed by atoms with van der Waals surface area (Å²) in [6.07, 6.45) is 0. The summed E-state index contributed by atoms with van der Waals surface area (Å²) in [7, 11) is 0. The summed E-state index contributed by atoms with van der Waals surface area (Å²) in [5.41, 5.74) is 9.78. The molecule has 0 saturated heterocycles. The van der Waals surface area contributed by atoms with Crippen LogP contribution in [-0.4, -0.2) is 5.79 Å². The lowest BCUT2D eigenvalue weighted by Gasteiger charge is -2.25. The molecule has 0 atom stereocenters. The first-order chi connectivity index (χ1) is 21.0. The van der Waals surface area contributed by atoms with Crippen molar-refractivity contribution >= 4 is 43.9 Å². The Hall–Kier alpha value is -5.48. The molecule has 0 spiro atoms. The molecular formula is C39H26O4. The van der Waals surface area contributed by atoms with Gasteiger partial charge in [-0.15, -0.1) is 0 Å². The van der Waals surface area contributed by atoms with Crippen LogP contribution in [0.4, 0.5) is 0 Å². The number of ether oxygens (including phenoxy) is 2. The lowest BCUT2D eigenvalue weighted by Crippen LogP contribution is -2.34. The Kier molecular flexibility index (Phi) is 4.92. The first-order valence-electron chi connectivity index (χ1n) is 14.5. The van der Waals surface area contributed by atoms with Crippen LogP contribution in [0.25, 0.3) is 77.3 Å². The second-order valence-electron chi connectivity index (χ2n) is 11.6. The van der Waals surface area contributed by atoms with E-state index < -0.39 is 5.79 Å². The minimum Gasteiger partial charge on any atom is -0.456 e. The van der Waals surface area contributed by atoms with Gasteiger partial charge in [0.1, 0.15) is 33.8 Å². The van der Waals surface area contributed by atoms with Crippen LogP contribution in [0.2, 0.25) is 0 Å². The largest absolute Gasteiger partial charge is 0.456 e. The first kappa shape index (κ1) is 24.2. The van der Waals surface area contributed by atoms with Gasteiger partial charge in [-0.25, -0.2) is 0 Å². The fourth-order valence-electron chi connectivity index (χ4n) is 6.44. The molecule has 2 aromatic heterocycles. The molecule has 1 aliphatic heterocycles. The van der Waals surface area contributed by atoms with Crippen LogP contribution < -0.4 is 9.47 Å². The molecule has 3 heterocycles. The Labute approximate surface area is 247 Å². The van der Waals surface area contributed by atoms with Crippen LogP contribution in [0.3, 0.4) is 0 Å². The van der Waals surface area contributed by atoms with Crippen molar-refractivity contribution in [3.05, 3.63) is 121 Å². The summed E-state index contributed by atoms with van der Waals surface area (Å²) < 4.78 is 25.3. The molecule has 0 saturated carbocycles. The van der Waals surface area contributed by atoms with Gasteiger partial charge >= 0.3 is 0 Å². The minimum atomic E-state index is -0.837. The van der Waals surface area contributed by atoms with Gasteiger partial charge in [-0.2, -0.15) is 0 Å². The standard InChI is InChI=1S/C39H26O4/c1-39(2)42-36-18-15-24(23-14-17-35-30(20-23)28-9-4-5-12-33(28)40-35)21-31(36)32-22-25(16-19-37(32)43-39)26-10-7-11-29-27-8-3-6-13-34(27)41-38(26)29/h3-22H,1-2H3. The van der Waals surface area contributed by atoms with Crippen molar-refractivity contribution in [1.82, 2.24) is 0 Å². The SMILES string of the molecule is CC1(C)Oc2ccc(-c3ccc4oc5ccccc5c4c3)cc2-c2cc(-c3cccc4c3oc3ccccc34)ccc2O1. The number of benzene rings is 6. The molecule has 206 valence electrons. The molecule has 0 unspecified atom stereocenters. The Bertz CT molecular complexity index is 2390. The Balaban J connectivity index is 1.23. The van der Waals surface area contributed by atoms with Gasteiger partial charge in [0.15, 0.2) is 0 Å². The second kappa shape index (κ2) is 8.76. The maximum atomic E-state index is 6.44. The first-order valence-corrected chi connectivity index (χ1v) is 14.5. The van der Waals surface area contributed by atoms with Crippen LogP contribution >= 0.6 is 0 Å². The van der Waals surface area contributed by atoms with Crippen LogP contribution in [-0.2, 0) is 0 Å². The fourth-order valence-corrected chi connectivity index (χ4v) is 6.44. The van der Waals surface area contributed by atoms with Crippen LogP contribution in [0.5, 0.6) is 11.5 Å². The molecule has 9 rings (SSSR count). The van der Waals surface area contributed by atoms with Crippen molar-refractivity contribution < 1.29 is 18.3 Å². The van der Waals surface area contributed by atoms with Crippen LogP contribution in [0.15, 0.2) is 130 Å². The number of hydrogen-bond donors (Lipinski definition) is 0. The summed E-state index contributed by atoms with van der Waals surface area (Å²) >= 11 is 0. The van der Waals surface area contributed by atoms with Gasteiger partial charge < -0.3 is 18.3 Å². The molecule has 0 amide bonds. The highest BCUT2D eigenvalue weighted by Gasteiger charge is 2.30. The van der Waals surface area contributed by atoms with Crippen molar-refractivity contribution in [3.8, 4) is 44.9 Å². The second-order valence-corrected chi connectivity index (χ2v) is 11.6. The van der Waals surface area contributed by atoms with Gasteiger partial charge in [0.05, 0.1) is 0 Å². The van der Waals surface area contributed by atoms with Gasteiger partial charge in [0.25, 0.3) is 0 Å². The lowest BCUT2D eigenvalue weighted by molar-refractivity contribution is -0.0778. The average Bonchev–Trinajstić information content (AvgIpc) is 3.56. The van der Waals surface area contributed by atoms with E-state index in [0.717, 1.165) is 88.8 Å². The summed E-state index contributed by atoms with van der Waals surface area (Å²) in [6.45, 7) is 3.89. The van der Waals surface area contributed by atoms with Crippen molar-refractivity contribution in [2.24, 2.45) is 0 Å². The van der Waals surface area contributed by atoms with Crippen molar-refractivity contribution in [3.63, 3.8) is 0 Å². The van der Waals surface area contributed by atoms with Crippen molar-refractivity contribution in [2.75, 3.05) is 0 Å². The average molecular weight is 559 g/mol. The molecule has 0 radical (unpaired) electrons. The van der Waals surface area contributed by atoms with Gasteiger partial charge in [-0.05, 0) is 65.2 Å². The number of para-hydroxylation sites is 3. The molecule has 0 N–H and O–H groups in total. The van der Waals surface area contributed by atoms with Gasteiger partial charge in [-0.3, -0.25) is 0 Å². The summed E-state index contributed by atoms with van der Waals surface area (Å²) in [4.78, 5) is 0.